The molecule has 8 nitrogen and oxygen atoms in total. The van der Waals surface area contributed by atoms with Gasteiger partial charge in [0.15, 0.2) is 0 Å². The molecule has 2 heterocycles. The van der Waals surface area contributed by atoms with Crippen molar-refractivity contribution in [3.63, 3.8) is 0 Å². The van der Waals surface area contributed by atoms with Crippen molar-refractivity contribution < 1.29 is 10.4 Å². The molecule has 2 rings (SSSR count). The number of hydrogen-bond donors (Lipinski definition) is 2. The van der Waals surface area contributed by atoms with Crippen molar-refractivity contribution in [3.05, 3.63) is 37.2 Å². The summed E-state index contributed by atoms with van der Waals surface area (Å²) in [6.07, 6.45) is 13.8. The quantitative estimate of drug-likeness (QED) is 0.385. The van der Waals surface area contributed by atoms with Crippen LogP contribution in [0.15, 0.2) is 47.5 Å². The van der Waals surface area contributed by atoms with Gasteiger partial charge in [0, 0.05) is 24.8 Å². The average molecular weight is 360 g/mol. The summed E-state index contributed by atoms with van der Waals surface area (Å²) in [6, 6.07) is 1.87. The van der Waals surface area contributed by atoms with E-state index in [1.54, 1.807) is 18.7 Å². The second kappa shape index (κ2) is 8.64. The SMILES string of the molecule is CCC(C=NO)(CCC(=NO)C(CC)(CC)n1cccn1)n1ccnc1. The maximum atomic E-state index is 9.80. The molecule has 1 unspecified atom stereocenters. The molecule has 0 bridgehead atoms. The highest BCUT2D eigenvalue weighted by Gasteiger charge is 2.38. The van der Waals surface area contributed by atoms with Crippen molar-refractivity contribution >= 4 is 11.9 Å². The Bertz CT molecular complexity index is 704. The minimum atomic E-state index is -0.543. The lowest BCUT2D eigenvalue weighted by atomic mass is 9.81. The van der Waals surface area contributed by atoms with Crippen LogP contribution in [0.5, 0.6) is 0 Å². The van der Waals surface area contributed by atoms with Crippen molar-refractivity contribution in [2.75, 3.05) is 0 Å². The lowest BCUT2D eigenvalue weighted by Crippen LogP contribution is -2.43. The molecule has 0 radical (unpaired) electrons. The summed E-state index contributed by atoms with van der Waals surface area (Å²) in [5.41, 5.74) is -0.364. The summed E-state index contributed by atoms with van der Waals surface area (Å²) >= 11 is 0. The second-order valence-electron chi connectivity index (χ2n) is 6.41. The summed E-state index contributed by atoms with van der Waals surface area (Å²) in [6.45, 7) is 6.15. The Labute approximate surface area is 153 Å². The predicted molar refractivity (Wildman–Crippen MR) is 100 cm³/mol. The number of imidazole rings is 1. The molecular formula is C18H28N6O2. The van der Waals surface area contributed by atoms with Gasteiger partial charge in [-0.3, -0.25) is 4.68 Å². The lowest BCUT2D eigenvalue weighted by molar-refractivity contribution is 0.274. The molecule has 0 aliphatic heterocycles. The number of oxime groups is 2. The zero-order valence-corrected chi connectivity index (χ0v) is 15.7. The fourth-order valence-corrected chi connectivity index (χ4v) is 3.69. The fourth-order valence-electron chi connectivity index (χ4n) is 3.69. The van der Waals surface area contributed by atoms with E-state index < -0.39 is 11.1 Å². The molecule has 0 amide bonds. The number of rotatable bonds is 10. The van der Waals surface area contributed by atoms with Gasteiger partial charge in [-0.1, -0.05) is 31.1 Å². The number of nitrogens with zero attached hydrogens (tertiary/aromatic N) is 6. The van der Waals surface area contributed by atoms with E-state index >= 15 is 0 Å². The van der Waals surface area contributed by atoms with Crippen LogP contribution in [0.25, 0.3) is 0 Å². The molecule has 2 aromatic rings. The first kappa shape index (κ1) is 19.7. The van der Waals surface area contributed by atoms with Gasteiger partial charge < -0.3 is 15.0 Å². The minimum absolute atomic E-state index is 0.483. The van der Waals surface area contributed by atoms with E-state index in [4.69, 9.17) is 0 Å². The van der Waals surface area contributed by atoms with Crippen LogP contribution in [0.3, 0.4) is 0 Å². The number of hydrogen-bond acceptors (Lipinski definition) is 6. The molecule has 0 aliphatic carbocycles. The van der Waals surface area contributed by atoms with Crippen molar-refractivity contribution in [2.24, 2.45) is 10.3 Å². The first-order valence-electron chi connectivity index (χ1n) is 9.01. The van der Waals surface area contributed by atoms with E-state index in [0.717, 1.165) is 12.8 Å². The topological polar surface area (TPSA) is 101 Å². The molecular weight excluding hydrogens is 332 g/mol. The summed E-state index contributed by atoms with van der Waals surface area (Å²) in [7, 11) is 0. The van der Waals surface area contributed by atoms with Crippen LogP contribution in [0.2, 0.25) is 0 Å². The van der Waals surface area contributed by atoms with Gasteiger partial charge in [0.2, 0.25) is 0 Å². The highest BCUT2D eigenvalue weighted by atomic mass is 16.4. The molecule has 0 aromatic carbocycles. The van der Waals surface area contributed by atoms with E-state index in [-0.39, 0.29) is 0 Å². The molecule has 2 aromatic heterocycles. The lowest BCUT2D eigenvalue weighted by Gasteiger charge is -2.35. The average Bonchev–Trinajstić information content (AvgIpc) is 3.39. The van der Waals surface area contributed by atoms with Gasteiger partial charge in [0.1, 0.15) is 5.54 Å². The van der Waals surface area contributed by atoms with Crippen LogP contribution >= 0.6 is 0 Å². The molecule has 0 saturated heterocycles. The Kier molecular flexibility index (Phi) is 6.54. The molecule has 2 N–H and O–H groups in total. The van der Waals surface area contributed by atoms with E-state index in [0.29, 0.717) is 25.0 Å². The van der Waals surface area contributed by atoms with Crippen LogP contribution in [-0.2, 0) is 11.1 Å². The Morgan fingerprint density at radius 1 is 1.12 bits per heavy atom. The van der Waals surface area contributed by atoms with Crippen molar-refractivity contribution in [3.8, 4) is 0 Å². The molecule has 0 spiro atoms. The zero-order valence-electron chi connectivity index (χ0n) is 15.7. The van der Waals surface area contributed by atoms with Gasteiger partial charge in [-0.25, -0.2) is 4.98 Å². The third-order valence-corrected chi connectivity index (χ3v) is 5.49. The van der Waals surface area contributed by atoms with Crippen LogP contribution in [0.4, 0.5) is 0 Å². The Balaban J connectivity index is 2.34. The highest BCUT2D eigenvalue weighted by molar-refractivity contribution is 5.91. The summed E-state index contributed by atoms with van der Waals surface area (Å²) in [5, 5.41) is 30.3. The third kappa shape index (κ3) is 3.49. The zero-order chi connectivity index (χ0) is 19.0. The first-order valence-corrected chi connectivity index (χ1v) is 9.01. The molecule has 0 aliphatic rings. The summed E-state index contributed by atoms with van der Waals surface area (Å²) in [4.78, 5) is 4.11. The fraction of sp³-hybridized carbons (Fsp3) is 0.556. The van der Waals surface area contributed by atoms with E-state index in [1.165, 1.54) is 6.21 Å². The van der Waals surface area contributed by atoms with Gasteiger partial charge in [0.05, 0.1) is 23.8 Å². The Morgan fingerprint density at radius 3 is 2.35 bits per heavy atom. The molecule has 142 valence electrons. The number of aromatic nitrogens is 4. The molecule has 8 heteroatoms. The van der Waals surface area contributed by atoms with Crippen molar-refractivity contribution in [1.82, 2.24) is 19.3 Å². The van der Waals surface area contributed by atoms with Crippen LogP contribution in [0.1, 0.15) is 52.9 Å². The second-order valence-corrected chi connectivity index (χ2v) is 6.41. The first-order chi connectivity index (χ1) is 12.6. The Hall–Kier alpha value is -2.64. The predicted octanol–water partition coefficient (Wildman–Crippen LogP) is 3.47. The van der Waals surface area contributed by atoms with Crippen LogP contribution in [0, 0.1) is 0 Å². The normalized spacial score (nSPS) is 15.4. The molecule has 1 atom stereocenters. The van der Waals surface area contributed by atoms with Crippen molar-refractivity contribution in [1.29, 1.82) is 0 Å². The van der Waals surface area contributed by atoms with Crippen LogP contribution in [-0.4, -0.2) is 41.7 Å². The monoisotopic (exact) mass is 360 g/mol. The van der Waals surface area contributed by atoms with E-state index in [9.17, 15) is 10.4 Å². The molecule has 0 fully saturated rings. The highest BCUT2D eigenvalue weighted by Crippen LogP contribution is 2.32. The maximum Gasteiger partial charge on any atom is 0.103 e. The maximum absolute atomic E-state index is 9.80. The summed E-state index contributed by atoms with van der Waals surface area (Å²) < 4.78 is 3.79. The molecule has 26 heavy (non-hydrogen) atoms. The van der Waals surface area contributed by atoms with E-state index in [2.05, 4.69) is 34.2 Å². The third-order valence-electron chi connectivity index (χ3n) is 5.49. The van der Waals surface area contributed by atoms with Gasteiger partial charge >= 0.3 is 0 Å². The van der Waals surface area contributed by atoms with Gasteiger partial charge in [-0.2, -0.15) is 5.10 Å². The largest absolute Gasteiger partial charge is 0.411 e. The van der Waals surface area contributed by atoms with Gasteiger partial charge in [-0.05, 0) is 38.2 Å². The molecule has 0 saturated carbocycles. The van der Waals surface area contributed by atoms with Crippen molar-refractivity contribution in [2.45, 2.75) is 64.0 Å². The Morgan fingerprint density at radius 2 is 1.88 bits per heavy atom. The van der Waals surface area contributed by atoms with Gasteiger partial charge in [-0.15, -0.1) is 0 Å². The smallest absolute Gasteiger partial charge is 0.103 e. The van der Waals surface area contributed by atoms with E-state index in [1.807, 2.05) is 34.6 Å². The van der Waals surface area contributed by atoms with Crippen LogP contribution < -0.4 is 0 Å². The minimum Gasteiger partial charge on any atom is -0.411 e. The van der Waals surface area contributed by atoms with Gasteiger partial charge in [0.25, 0.3) is 0 Å². The summed E-state index contributed by atoms with van der Waals surface area (Å²) in [5.74, 6) is 0. The standard InChI is InChI=1S/C18H28N6O2/c1-4-17(14-21-25,23-13-11-19-15-23)9-8-16(22-26)18(5-2,6-3)24-12-7-10-20-24/h7,10-15,25-26H,4-6,8-9H2,1-3H3.